The van der Waals surface area contributed by atoms with Gasteiger partial charge >= 0.3 is 0 Å². The summed E-state index contributed by atoms with van der Waals surface area (Å²) in [6, 6.07) is 6.34. The standard InChI is InChI=1S/C13H18N2O3S/c1-9(2)10(3)14-13(16)8-19-12-6-4-11(5-7-12)15(17)18/h4-7,9-10H,8H2,1-3H3,(H,14,16)/t10-/m1/s1. The number of nitro groups is 1. The zero-order chi connectivity index (χ0) is 14.4. The molecule has 0 saturated heterocycles. The molecule has 0 saturated carbocycles. The summed E-state index contributed by atoms with van der Waals surface area (Å²) in [5.74, 6) is 0.687. The fourth-order valence-corrected chi connectivity index (χ4v) is 1.98. The quantitative estimate of drug-likeness (QED) is 0.494. The lowest BCUT2D eigenvalue weighted by Gasteiger charge is -2.17. The van der Waals surface area contributed by atoms with Crippen molar-refractivity contribution < 1.29 is 9.72 Å². The van der Waals surface area contributed by atoms with E-state index in [0.29, 0.717) is 11.7 Å². The molecule has 1 amide bonds. The van der Waals surface area contributed by atoms with Crippen LogP contribution in [-0.2, 0) is 4.79 Å². The molecule has 1 rings (SSSR count). The van der Waals surface area contributed by atoms with Crippen molar-refractivity contribution in [1.82, 2.24) is 5.32 Å². The fourth-order valence-electron chi connectivity index (χ4n) is 1.28. The highest BCUT2D eigenvalue weighted by atomic mass is 32.2. The zero-order valence-corrected chi connectivity index (χ0v) is 12.1. The number of nitrogens with zero attached hydrogens (tertiary/aromatic N) is 1. The third kappa shape index (κ3) is 5.30. The topological polar surface area (TPSA) is 72.2 Å². The number of nitrogens with one attached hydrogen (secondary N) is 1. The van der Waals surface area contributed by atoms with Crippen LogP contribution in [0.1, 0.15) is 20.8 Å². The van der Waals surface area contributed by atoms with Gasteiger partial charge in [-0.2, -0.15) is 0 Å². The predicted molar refractivity (Wildman–Crippen MR) is 76.3 cm³/mol. The molecule has 5 nitrogen and oxygen atoms in total. The second-order valence-electron chi connectivity index (χ2n) is 4.64. The number of thioether (sulfide) groups is 1. The van der Waals surface area contributed by atoms with E-state index < -0.39 is 4.92 Å². The maximum Gasteiger partial charge on any atom is 0.269 e. The minimum Gasteiger partial charge on any atom is -0.353 e. The Morgan fingerprint density at radius 3 is 2.37 bits per heavy atom. The van der Waals surface area contributed by atoms with Crippen LogP contribution < -0.4 is 5.32 Å². The molecule has 0 radical (unpaired) electrons. The second kappa shape index (κ2) is 7.13. The average molecular weight is 282 g/mol. The van der Waals surface area contributed by atoms with Crippen LogP contribution in [-0.4, -0.2) is 22.6 Å². The number of hydrogen-bond acceptors (Lipinski definition) is 4. The SMILES string of the molecule is CC(C)[C@@H](C)NC(=O)CSc1ccc([N+](=O)[O-])cc1. The van der Waals surface area contributed by atoms with Gasteiger partial charge in [0.05, 0.1) is 10.7 Å². The van der Waals surface area contributed by atoms with Crippen molar-refractivity contribution in [3.8, 4) is 0 Å². The van der Waals surface area contributed by atoms with Crippen molar-refractivity contribution >= 4 is 23.4 Å². The molecule has 19 heavy (non-hydrogen) atoms. The number of amides is 1. The lowest BCUT2D eigenvalue weighted by Crippen LogP contribution is -2.37. The summed E-state index contributed by atoms with van der Waals surface area (Å²) in [6.45, 7) is 6.07. The van der Waals surface area contributed by atoms with Gasteiger partial charge in [-0.1, -0.05) is 13.8 Å². The average Bonchev–Trinajstić information content (AvgIpc) is 2.36. The molecule has 0 aliphatic carbocycles. The van der Waals surface area contributed by atoms with Gasteiger partial charge < -0.3 is 5.32 Å². The molecule has 1 atom stereocenters. The number of hydrogen-bond donors (Lipinski definition) is 1. The van der Waals surface area contributed by atoms with E-state index in [1.54, 1.807) is 12.1 Å². The molecule has 0 fully saturated rings. The Balaban J connectivity index is 2.44. The van der Waals surface area contributed by atoms with E-state index in [-0.39, 0.29) is 17.6 Å². The number of non-ortho nitro benzene ring substituents is 1. The Labute approximate surface area is 116 Å². The Hall–Kier alpha value is -1.56. The third-order valence-electron chi connectivity index (χ3n) is 2.81. The molecule has 0 aliphatic rings. The highest BCUT2D eigenvalue weighted by molar-refractivity contribution is 8.00. The second-order valence-corrected chi connectivity index (χ2v) is 5.69. The molecular formula is C13H18N2O3S. The number of benzene rings is 1. The van der Waals surface area contributed by atoms with Gasteiger partial charge in [-0.3, -0.25) is 14.9 Å². The van der Waals surface area contributed by atoms with Gasteiger partial charge in [0, 0.05) is 23.1 Å². The van der Waals surface area contributed by atoms with Crippen LogP contribution in [0, 0.1) is 16.0 Å². The van der Waals surface area contributed by atoms with E-state index in [9.17, 15) is 14.9 Å². The molecule has 1 aromatic rings. The first-order valence-corrected chi connectivity index (χ1v) is 7.05. The van der Waals surface area contributed by atoms with Gasteiger partial charge in [0.1, 0.15) is 0 Å². The van der Waals surface area contributed by atoms with Crippen LogP contribution in [0.4, 0.5) is 5.69 Å². The van der Waals surface area contributed by atoms with Gasteiger partial charge in [-0.15, -0.1) is 11.8 Å². The van der Waals surface area contributed by atoms with E-state index in [0.717, 1.165) is 4.90 Å². The summed E-state index contributed by atoms with van der Waals surface area (Å²) in [4.78, 5) is 22.6. The highest BCUT2D eigenvalue weighted by Gasteiger charge is 2.11. The molecule has 0 unspecified atom stereocenters. The van der Waals surface area contributed by atoms with Gasteiger partial charge in [-0.05, 0) is 25.0 Å². The fraction of sp³-hybridized carbons (Fsp3) is 0.462. The number of carbonyl (C=O) groups excluding carboxylic acids is 1. The van der Waals surface area contributed by atoms with Crippen LogP contribution in [0.5, 0.6) is 0 Å². The first-order chi connectivity index (χ1) is 8.90. The van der Waals surface area contributed by atoms with Crippen LogP contribution in [0.25, 0.3) is 0 Å². The van der Waals surface area contributed by atoms with Crippen LogP contribution in [0.3, 0.4) is 0 Å². The van der Waals surface area contributed by atoms with E-state index in [1.165, 1.54) is 23.9 Å². The summed E-state index contributed by atoms with van der Waals surface area (Å²) in [5, 5.41) is 13.4. The molecule has 0 spiro atoms. The zero-order valence-electron chi connectivity index (χ0n) is 11.3. The van der Waals surface area contributed by atoms with Crippen LogP contribution in [0.2, 0.25) is 0 Å². The van der Waals surface area contributed by atoms with Crippen molar-refractivity contribution in [2.75, 3.05) is 5.75 Å². The number of nitro benzene ring substituents is 1. The van der Waals surface area contributed by atoms with E-state index in [1.807, 2.05) is 6.92 Å². The molecular weight excluding hydrogens is 264 g/mol. The number of rotatable bonds is 6. The van der Waals surface area contributed by atoms with Crippen molar-refractivity contribution in [3.05, 3.63) is 34.4 Å². The normalized spacial score (nSPS) is 12.2. The van der Waals surface area contributed by atoms with Crippen molar-refractivity contribution in [2.45, 2.75) is 31.7 Å². The maximum absolute atomic E-state index is 11.7. The van der Waals surface area contributed by atoms with Crippen molar-refractivity contribution in [2.24, 2.45) is 5.92 Å². The molecule has 104 valence electrons. The maximum atomic E-state index is 11.7. The summed E-state index contributed by atoms with van der Waals surface area (Å²) in [6.07, 6.45) is 0. The summed E-state index contributed by atoms with van der Waals surface area (Å²) >= 11 is 1.37. The van der Waals surface area contributed by atoms with Crippen molar-refractivity contribution in [1.29, 1.82) is 0 Å². The third-order valence-corrected chi connectivity index (χ3v) is 3.82. The molecule has 1 N–H and O–H groups in total. The van der Waals surface area contributed by atoms with Gasteiger partial charge in [0.2, 0.25) is 5.91 Å². The Morgan fingerprint density at radius 1 is 1.32 bits per heavy atom. The lowest BCUT2D eigenvalue weighted by atomic mass is 10.1. The first-order valence-electron chi connectivity index (χ1n) is 6.06. The minimum atomic E-state index is -0.439. The summed E-state index contributed by atoms with van der Waals surface area (Å²) < 4.78 is 0. The molecule has 0 heterocycles. The smallest absolute Gasteiger partial charge is 0.269 e. The Bertz CT molecular complexity index is 446. The summed E-state index contributed by atoms with van der Waals surface area (Å²) in [7, 11) is 0. The van der Waals surface area contributed by atoms with Gasteiger partial charge in [0.25, 0.3) is 5.69 Å². The monoisotopic (exact) mass is 282 g/mol. The van der Waals surface area contributed by atoms with Crippen molar-refractivity contribution in [3.63, 3.8) is 0 Å². The Kier molecular flexibility index (Phi) is 5.82. The first kappa shape index (κ1) is 15.5. The largest absolute Gasteiger partial charge is 0.353 e. The van der Waals surface area contributed by atoms with E-state index in [4.69, 9.17) is 0 Å². The van der Waals surface area contributed by atoms with Crippen LogP contribution >= 0.6 is 11.8 Å². The highest BCUT2D eigenvalue weighted by Crippen LogP contribution is 2.21. The van der Waals surface area contributed by atoms with Gasteiger partial charge in [-0.25, -0.2) is 0 Å². The number of carbonyl (C=O) groups is 1. The molecule has 0 aromatic heterocycles. The van der Waals surface area contributed by atoms with Gasteiger partial charge in [0.15, 0.2) is 0 Å². The minimum absolute atomic E-state index is 0.0236. The predicted octanol–water partition coefficient (Wildman–Crippen LogP) is 2.85. The molecule has 6 heteroatoms. The van der Waals surface area contributed by atoms with Crippen LogP contribution in [0.15, 0.2) is 29.2 Å². The molecule has 0 aliphatic heterocycles. The molecule has 1 aromatic carbocycles. The van der Waals surface area contributed by atoms with E-state index >= 15 is 0 Å². The summed E-state index contributed by atoms with van der Waals surface area (Å²) in [5.41, 5.74) is 0.0576. The Morgan fingerprint density at radius 2 is 1.89 bits per heavy atom. The van der Waals surface area contributed by atoms with E-state index in [2.05, 4.69) is 19.2 Å². The molecule has 0 bridgehead atoms. The lowest BCUT2D eigenvalue weighted by molar-refractivity contribution is -0.384.